The molecule has 0 spiro atoms. The van der Waals surface area contributed by atoms with E-state index in [0.29, 0.717) is 17.9 Å². The van der Waals surface area contributed by atoms with Gasteiger partial charge in [0.2, 0.25) is 6.41 Å². The summed E-state index contributed by atoms with van der Waals surface area (Å²) in [7, 11) is 1.84. The van der Waals surface area contributed by atoms with Crippen LogP contribution in [0.1, 0.15) is 11.4 Å². The van der Waals surface area contributed by atoms with E-state index in [-0.39, 0.29) is 0 Å². The van der Waals surface area contributed by atoms with Crippen molar-refractivity contribution in [3.63, 3.8) is 0 Å². The number of carbonyl (C=O) groups is 2. The maximum atomic E-state index is 10.8. The predicted molar refractivity (Wildman–Crippen MR) is 72.4 cm³/mol. The zero-order valence-corrected chi connectivity index (χ0v) is 12.4. The summed E-state index contributed by atoms with van der Waals surface area (Å²) >= 11 is 4.87. The second kappa shape index (κ2) is 6.79. The van der Waals surface area contributed by atoms with Crippen molar-refractivity contribution in [3.8, 4) is 0 Å². The van der Waals surface area contributed by atoms with Gasteiger partial charge in [-0.25, -0.2) is 4.79 Å². The summed E-state index contributed by atoms with van der Waals surface area (Å²) in [6, 6.07) is -0.861. The number of aryl methyl sites for hydroxylation is 2. The lowest BCUT2D eigenvalue weighted by atomic mass is 10.3. The van der Waals surface area contributed by atoms with Crippen LogP contribution in [0.15, 0.2) is 4.47 Å². The van der Waals surface area contributed by atoms with Gasteiger partial charge in [0, 0.05) is 18.6 Å². The van der Waals surface area contributed by atoms with Crippen LogP contribution in [0.25, 0.3) is 0 Å². The molecule has 1 rings (SSSR count). The van der Waals surface area contributed by atoms with Gasteiger partial charge < -0.3 is 10.4 Å². The summed E-state index contributed by atoms with van der Waals surface area (Å²) in [6.07, 6.45) is 0.406. The van der Waals surface area contributed by atoms with Gasteiger partial charge in [-0.2, -0.15) is 16.9 Å². The quantitative estimate of drug-likeness (QED) is 0.724. The molecule has 0 aliphatic heterocycles. The van der Waals surface area contributed by atoms with Crippen molar-refractivity contribution < 1.29 is 14.7 Å². The van der Waals surface area contributed by atoms with Crippen LogP contribution in [0.4, 0.5) is 0 Å². The van der Waals surface area contributed by atoms with Crippen LogP contribution in [0.2, 0.25) is 0 Å². The van der Waals surface area contributed by atoms with Gasteiger partial charge in [-0.05, 0) is 22.9 Å². The molecule has 1 heterocycles. The van der Waals surface area contributed by atoms with Crippen LogP contribution < -0.4 is 5.32 Å². The van der Waals surface area contributed by atoms with Crippen LogP contribution in [0.5, 0.6) is 0 Å². The van der Waals surface area contributed by atoms with E-state index in [4.69, 9.17) is 5.11 Å². The first-order chi connectivity index (χ1) is 8.47. The highest BCUT2D eigenvalue weighted by Crippen LogP contribution is 2.24. The number of carboxylic acid groups (broad SMARTS) is 1. The molecular formula is C10H14BrN3O3S. The van der Waals surface area contributed by atoms with E-state index in [2.05, 4.69) is 26.3 Å². The van der Waals surface area contributed by atoms with E-state index in [1.807, 2.05) is 14.0 Å². The molecule has 8 heteroatoms. The lowest BCUT2D eigenvalue weighted by molar-refractivity contribution is -0.139. The molecule has 1 aromatic heterocycles. The molecule has 0 fully saturated rings. The molecule has 6 nitrogen and oxygen atoms in total. The Kier molecular flexibility index (Phi) is 5.67. The number of aliphatic carboxylic acids is 1. The third kappa shape index (κ3) is 3.74. The van der Waals surface area contributed by atoms with Crippen LogP contribution in [-0.4, -0.2) is 39.1 Å². The minimum absolute atomic E-state index is 0.310. The van der Waals surface area contributed by atoms with E-state index in [9.17, 15) is 9.59 Å². The monoisotopic (exact) mass is 335 g/mol. The summed E-state index contributed by atoms with van der Waals surface area (Å²) in [5, 5.41) is 15.4. The average Bonchev–Trinajstić information content (AvgIpc) is 2.54. The molecule has 0 aliphatic carbocycles. The zero-order chi connectivity index (χ0) is 13.7. The Bertz CT molecular complexity index is 450. The number of hydrogen-bond acceptors (Lipinski definition) is 4. The summed E-state index contributed by atoms with van der Waals surface area (Å²) in [6.45, 7) is 1.90. The highest BCUT2D eigenvalue weighted by atomic mass is 79.9. The predicted octanol–water partition coefficient (Wildman–Crippen LogP) is 0.923. The molecule has 0 aromatic carbocycles. The number of carboxylic acids is 1. The first kappa shape index (κ1) is 15.0. The molecule has 100 valence electrons. The fourth-order valence-corrected chi connectivity index (χ4v) is 3.16. The first-order valence-corrected chi connectivity index (χ1v) is 7.10. The summed E-state index contributed by atoms with van der Waals surface area (Å²) in [5.41, 5.74) is 1.89. The second-order valence-corrected chi connectivity index (χ2v) is 5.48. The molecule has 18 heavy (non-hydrogen) atoms. The molecular weight excluding hydrogens is 322 g/mol. The molecule has 1 aromatic rings. The van der Waals surface area contributed by atoms with Crippen molar-refractivity contribution in [2.45, 2.75) is 18.7 Å². The minimum Gasteiger partial charge on any atom is -0.480 e. The third-order valence-electron chi connectivity index (χ3n) is 2.35. The van der Waals surface area contributed by atoms with Gasteiger partial charge in [0.1, 0.15) is 6.04 Å². The molecule has 1 unspecified atom stereocenters. The molecule has 0 radical (unpaired) electrons. The molecule has 0 saturated carbocycles. The summed E-state index contributed by atoms with van der Waals surface area (Å²) in [4.78, 5) is 21.1. The number of amides is 1. The molecule has 1 atom stereocenters. The third-order valence-corrected chi connectivity index (χ3v) is 4.43. The SMILES string of the molecule is Cc1nn(C)c(CSCC(NC=O)C(=O)O)c1Br. The molecule has 0 saturated heterocycles. The fraction of sp³-hybridized carbons (Fsp3) is 0.500. The maximum Gasteiger partial charge on any atom is 0.327 e. The number of halogens is 1. The molecule has 0 bridgehead atoms. The Balaban J connectivity index is 2.55. The van der Waals surface area contributed by atoms with Crippen molar-refractivity contribution in [3.05, 3.63) is 15.9 Å². The number of nitrogens with zero attached hydrogens (tertiary/aromatic N) is 2. The van der Waals surface area contributed by atoms with E-state index in [1.54, 1.807) is 4.68 Å². The first-order valence-electron chi connectivity index (χ1n) is 5.15. The lowest BCUT2D eigenvalue weighted by Crippen LogP contribution is -2.37. The van der Waals surface area contributed by atoms with Crippen LogP contribution in [0, 0.1) is 6.92 Å². The number of aromatic nitrogens is 2. The van der Waals surface area contributed by atoms with E-state index in [0.717, 1.165) is 15.9 Å². The highest BCUT2D eigenvalue weighted by molar-refractivity contribution is 9.10. The number of hydrogen-bond donors (Lipinski definition) is 2. The van der Waals surface area contributed by atoms with Crippen molar-refractivity contribution in [1.29, 1.82) is 0 Å². The average molecular weight is 336 g/mol. The van der Waals surface area contributed by atoms with Gasteiger partial charge in [-0.15, -0.1) is 0 Å². The Labute approximate surface area is 117 Å². The van der Waals surface area contributed by atoms with Crippen molar-refractivity contribution >= 4 is 40.1 Å². The van der Waals surface area contributed by atoms with E-state index in [1.165, 1.54) is 11.8 Å². The highest BCUT2D eigenvalue weighted by Gasteiger charge is 2.17. The summed E-state index contributed by atoms with van der Waals surface area (Å²) < 4.78 is 2.70. The Morgan fingerprint density at radius 1 is 1.72 bits per heavy atom. The van der Waals surface area contributed by atoms with Crippen LogP contribution in [0.3, 0.4) is 0 Å². The lowest BCUT2D eigenvalue weighted by Gasteiger charge is -2.10. The van der Waals surface area contributed by atoms with Gasteiger partial charge in [-0.3, -0.25) is 9.48 Å². The number of rotatable bonds is 7. The maximum absolute atomic E-state index is 10.8. The van der Waals surface area contributed by atoms with E-state index < -0.39 is 12.0 Å². The van der Waals surface area contributed by atoms with E-state index >= 15 is 0 Å². The normalized spacial score (nSPS) is 12.2. The second-order valence-electron chi connectivity index (χ2n) is 3.66. The van der Waals surface area contributed by atoms with Crippen LogP contribution >= 0.6 is 27.7 Å². The number of nitrogens with one attached hydrogen (secondary N) is 1. The van der Waals surface area contributed by atoms with Gasteiger partial charge in [0.25, 0.3) is 0 Å². The van der Waals surface area contributed by atoms with Gasteiger partial charge in [0.15, 0.2) is 0 Å². The summed E-state index contributed by atoms with van der Waals surface area (Å²) in [5.74, 6) is -0.0951. The van der Waals surface area contributed by atoms with Crippen molar-refractivity contribution in [2.75, 3.05) is 5.75 Å². The van der Waals surface area contributed by atoms with Crippen molar-refractivity contribution in [1.82, 2.24) is 15.1 Å². The number of carbonyl (C=O) groups excluding carboxylic acids is 1. The zero-order valence-electron chi connectivity index (χ0n) is 10.0. The fourth-order valence-electron chi connectivity index (χ4n) is 1.38. The molecule has 0 aliphatic rings. The largest absolute Gasteiger partial charge is 0.480 e. The minimum atomic E-state index is -1.03. The topological polar surface area (TPSA) is 84.2 Å². The van der Waals surface area contributed by atoms with Crippen LogP contribution in [-0.2, 0) is 22.4 Å². The van der Waals surface area contributed by atoms with Crippen molar-refractivity contribution in [2.24, 2.45) is 7.05 Å². The Morgan fingerprint density at radius 3 is 2.83 bits per heavy atom. The standard InChI is InChI=1S/C10H14BrN3O3S/c1-6-9(11)8(14(2)13-6)4-18-3-7(10(16)17)12-5-15/h5,7H,3-4H2,1-2H3,(H,12,15)(H,16,17). The molecule has 1 amide bonds. The van der Waals surface area contributed by atoms with Gasteiger partial charge in [-0.1, -0.05) is 0 Å². The van der Waals surface area contributed by atoms with Gasteiger partial charge >= 0.3 is 5.97 Å². The molecule has 2 N–H and O–H groups in total. The number of thioether (sulfide) groups is 1. The Morgan fingerprint density at radius 2 is 2.39 bits per heavy atom. The van der Waals surface area contributed by atoms with Gasteiger partial charge in [0.05, 0.1) is 15.9 Å². The smallest absolute Gasteiger partial charge is 0.327 e. The Hall–Kier alpha value is -1.02.